The first-order chi connectivity index (χ1) is 11.1. The Hall–Kier alpha value is -2.30. The van der Waals surface area contributed by atoms with E-state index >= 15 is 0 Å². The summed E-state index contributed by atoms with van der Waals surface area (Å²) in [5, 5.41) is 4.36. The molecule has 1 aliphatic rings. The lowest BCUT2D eigenvalue weighted by Crippen LogP contribution is -2.39. The van der Waals surface area contributed by atoms with E-state index < -0.39 is 0 Å². The minimum atomic E-state index is 0.0196. The molecule has 0 spiro atoms. The molecule has 1 fully saturated rings. The van der Waals surface area contributed by atoms with Gasteiger partial charge in [-0.15, -0.1) is 0 Å². The molecular formula is C18H23N3O2. The van der Waals surface area contributed by atoms with Crippen molar-refractivity contribution in [2.45, 2.75) is 33.4 Å². The van der Waals surface area contributed by atoms with Crippen LogP contribution in [0.3, 0.4) is 0 Å². The van der Waals surface area contributed by atoms with Gasteiger partial charge in [0.15, 0.2) is 12.4 Å². The van der Waals surface area contributed by atoms with Crippen molar-refractivity contribution in [3.63, 3.8) is 0 Å². The van der Waals surface area contributed by atoms with E-state index in [0.29, 0.717) is 18.3 Å². The Kier molecular flexibility index (Phi) is 4.65. The van der Waals surface area contributed by atoms with Gasteiger partial charge >= 0.3 is 0 Å². The smallest absolute Gasteiger partial charge is 0.274 e. The predicted octanol–water partition coefficient (Wildman–Crippen LogP) is 3.10. The molecule has 1 aromatic carbocycles. The van der Waals surface area contributed by atoms with Crippen LogP contribution in [0.25, 0.3) is 0 Å². The minimum absolute atomic E-state index is 0.0196. The van der Waals surface area contributed by atoms with Gasteiger partial charge in [0.05, 0.1) is 0 Å². The van der Waals surface area contributed by atoms with Crippen molar-refractivity contribution in [1.29, 1.82) is 0 Å². The van der Waals surface area contributed by atoms with Gasteiger partial charge in [0.1, 0.15) is 5.75 Å². The standard InChI is InChI=1S/C18H23N3O2/c1-14-6-5-10-20(12-14)18(22)16-9-11-21(19-16)13-23-17-8-4-3-7-15(17)2/h3-4,7-9,11,14H,5-6,10,12-13H2,1-2H3. The molecule has 122 valence electrons. The van der Waals surface area contributed by atoms with Gasteiger partial charge in [-0.25, -0.2) is 4.68 Å². The molecule has 1 aliphatic heterocycles. The Morgan fingerprint density at radius 3 is 2.96 bits per heavy atom. The zero-order chi connectivity index (χ0) is 16.2. The molecule has 0 radical (unpaired) electrons. The fraction of sp³-hybridized carbons (Fsp3) is 0.444. The van der Waals surface area contributed by atoms with Crippen LogP contribution in [-0.2, 0) is 6.73 Å². The number of carbonyl (C=O) groups is 1. The highest BCUT2D eigenvalue weighted by Gasteiger charge is 2.23. The van der Waals surface area contributed by atoms with Gasteiger partial charge in [-0.2, -0.15) is 5.10 Å². The second-order valence-corrected chi connectivity index (χ2v) is 6.28. The lowest BCUT2D eigenvalue weighted by Gasteiger charge is -2.30. The number of nitrogens with zero attached hydrogens (tertiary/aromatic N) is 3. The number of ether oxygens (including phenoxy) is 1. The van der Waals surface area contributed by atoms with Crippen LogP contribution in [0.1, 0.15) is 35.8 Å². The first kappa shape index (κ1) is 15.6. The maximum absolute atomic E-state index is 12.5. The summed E-state index contributed by atoms with van der Waals surface area (Å²) in [4.78, 5) is 14.4. The van der Waals surface area contributed by atoms with Gasteiger partial charge in [0.25, 0.3) is 5.91 Å². The SMILES string of the molecule is Cc1ccccc1OCn1ccc(C(=O)N2CCCC(C)C2)n1. The number of benzene rings is 1. The van der Waals surface area contributed by atoms with Gasteiger partial charge in [0.2, 0.25) is 0 Å². The Bertz CT molecular complexity index is 680. The third kappa shape index (κ3) is 3.73. The number of hydrogen-bond acceptors (Lipinski definition) is 3. The Morgan fingerprint density at radius 1 is 1.35 bits per heavy atom. The summed E-state index contributed by atoms with van der Waals surface area (Å²) in [6.45, 7) is 6.15. The molecule has 1 saturated heterocycles. The molecule has 1 atom stereocenters. The second kappa shape index (κ2) is 6.86. The number of hydrogen-bond donors (Lipinski definition) is 0. The van der Waals surface area contributed by atoms with Crippen LogP contribution in [0.15, 0.2) is 36.5 Å². The summed E-state index contributed by atoms with van der Waals surface area (Å²) < 4.78 is 7.41. The van der Waals surface area contributed by atoms with Crippen molar-refractivity contribution in [3.8, 4) is 5.75 Å². The number of likely N-dealkylation sites (tertiary alicyclic amines) is 1. The van der Waals surface area contributed by atoms with E-state index in [1.165, 1.54) is 6.42 Å². The van der Waals surface area contributed by atoms with Crippen LogP contribution in [0.5, 0.6) is 5.75 Å². The van der Waals surface area contributed by atoms with Crippen LogP contribution in [-0.4, -0.2) is 33.7 Å². The van der Waals surface area contributed by atoms with Crippen molar-refractivity contribution >= 4 is 5.91 Å². The number of aryl methyl sites for hydroxylation is 1. The van der Waals surface area contributed by atoms with Crippen LogP contribution >= 0.6 is 0 Å². The summed E-state index contributed by atoms with van der Waals surface area (Å²) >= 11 is 0. The van der Waals surface area contributed by atoms with Crippen molar-refractivity contribution in [3.05, 3.63) is 47.8 Å². The molecule has 5 nitrogen and oxygen atoms in total. The Balaban J connectivity index is 1.61. The third-order valence-corrected chi connectivity index (χ3v) is 4.25. The van der Waals surface area contributed by atoms with Gasteiger partial charge in [-0.1, -0.05) is 25.1 Å². The molecule has 3 rings (SSSR count). The number of para-hydroxylation sites is 1. The summed E-state index contributed by atoms with van der Waals surface area (Å²) in [6, 6.07) is 9.62. The Morgan fingerprint density at radius 2 is 2.17 bits per heavy atom. The van der Waals surface area contributed by atoms with Crippen LogP contribution in [0, 0.1) is 12.8 Å². The van der Waals surface area contributed by atoms with E-state index in [-0.39, 0.29) is 5.91 Å². The van der Waals surface area contributed by atoms with Crippen molar-refractivity contribution in [2.24, 2.45) is 5.92 Å². The van der Waals surface area contributed by atoms with Gasteiger partial charge in [-0.05, 0) is 43.4 Å². The number of amides is 1. The summed E-state index contributed by atoms with van der Waals surface area (Å²) in [5.41, 5.74) is 1.57. The lowest BCUT2D eigenvalue weighted by atomic mass is 10.0. The van der Waals surface area contributed by atoms with E-state index in [1.54, 1.807) is 16.9 Å². The van der Waals surface area contributed by atoms with E-state index in [2.05, 4.69) is 12.0 Å². The first-order valence-electron chi connectivity index (χ1n) is 8.14. The van der Waals surface area contributed by atoms with E-state index in [9.17, 15) is 4.79 Å². The average molecular weight is 313 g/mol. The van der Waals surface area contributed by atoms with Crippen LogP contribution in [0.2, 0.25) is 0 Å². The number of carbonyl (C=O) groups excluding carboxylic acids is 1. The molecule has 2 aromatic rings. The summed E-state index contributed by atoms with van der Waals surface area (Å²) in [7, 11) is 0. The fourth-order valence-corrected chi connectivity index (χ4v) is 2.94. The number of piperidine rings is 1. The minimum Gasteiger partial charge on any atom is -0.471 e. The quantitative estimate of drug-likeness (QED) is 0.871. The van der Waals surface area contributed by atoms with E-state index in [4.69, 9.17) is 4.74 Å². The molecule has 1 amide bonds. The van der Waals surface area contributed by atoms with E-state index in [1.807, 2.05) is 36.1 Å². The van der Waals surface area contributed by atoms with Crippen molar-refractivity contribution < 1.29 is 9.53 Å². The molecule has 5 heteroatoms. The topological polar surface area (TPSA) is 47.4 Å². The maximum Gasteiger partial charge on any atom is 0.274 e. The highest BCUT2D eigenvalue weighted by molar-refractivity contribution is 5.92. The van der Waals surface area contributed by atoms with Crippen molar-refractivity contribution in [1.82, 2.24) is 14.7 Å². The Labute approximate surface area is 136 Å². The number of aromatic nitrogens is 2. The molecule has 0 N–H and O–H groups in total. The summed E-state index contributed by atoms with van der Waals surface area (Å²) in [6.07, 6.45) is 4.06. The second-order valence-electron chi connectivity index (χ2n) is 6.28. The number of rotatable bonds is 4. The average Bonchev–Trinajstić information content (AvgIpc) is 3.02. The molecule has 23 heavy (non-hydrogen) atoms. The highest BCUT2D eigenvalue weighted by atomic mass is 16.5. The zero-order valence-corrected chi connectivity index (χ0v) is 13.7. The van der Waals surface area contributed by atoms with Gasteiger partial charge in [-0.3, -0.25) is 4.79 Å². The fourth-order valence-electron chi connectivity index (χ4n) is 2.94. The third-order valence-electron chi connectivity index (χ3n) is 4.25. The maximum atomic E-state index is 12.5. The monoisotopic (exact) mass is 313 g/mol. The van der Waals surface area contributed by atoms with Crippen LogP contribution < -0.4 is 4.74 Å². The summed E-state index contributed by atoms with van der Waals surface area (Å²) in [5.74, 6) is 1.42. The highest BCUT2D eigenvalue weighted by Crippen LogP contribution is 2.18. The molecule has 0 saturated carbocycles. The molecule has 2 heterocycles. The molecule has 1 unspecified atom stereocenters. The normalized spacial score (nSPS) is 18.0. The molecule has 0 aliphatic carbocycles. The lowest BCUT2D eigenvalue weighted by molar-refractivity contribution is 0.0675. The van der Waals surface area contributed by atoms with E-state index in [0.717, 1.165) is 30.8 Å². The van der Waals surface area contributed by atoms with Gasteiger partial charge < -0.3 is 9.64 Å². The van der Waals surface area contributed by atoms with Gasteiger partial charge in [0, 0.05) is 19.3 Å². The molecule has 0 bridgehead atoms. The van der Waals surface area contributed by atoms with Crippen molar-refractivity contribution in [2.75, 3.05) is 13.1 Å². The largest absolute Gasteiger partial charge is 0.471 e. The molecule has 1 aromatic heterocycles. The molecular weight excluding hydrogens is 290 g/mol. The van der Waals surface area contributed by atoms with Crippen LogP contribution in [0.4, 0.5) is 0 Å². The first-order valence-corrected chi connectivity index (χ1v) is 8.14. The predicted molar refractivity (Wildman–Crippen MR) is 88.3 cm³/mol. The zero-order valence-electron chi connectivity index (χ0n) is 13.7.